The maximum Gasteiger partial charge on any atom is 0.270 e. The molecule has 5 N–H and O–H groups in total. The van der Waals surface area contributed by atoms with Crippen molar-refractivity contribution in [1.29, 1.82) is 0 Å². The number of rotatable bonds is 8. The Morgan fingerprint density at radius 2 is 1.33 bits per heavy atom. The first-order chi connectivity index (χ1) is 10.6. The second-order valence-electron chi connectivity index (χ2n) is 6.25. The van der Waals surface area contributed by atoms with Crippen LogP contribution in [0.5, 0.6) is 0 Å². The van der Waals surface area contributed by atoms with E-state index in [-0.39, 0.29) is 24.2 Å². The Labute approximate surface area is 142 Å². The minimum atomic E-state index is -4.52. The molecule has 10 heteroatoms. The molecule has 0 spiro atoms. The Bertz CT molecular complexity index is 608. The predicted octanol–water partition coefficient (Wildman–Crippen LogP) is -0.174. The first kappa shape index (κ1) is 22.2. The second-order valence-corrected chi connectivity index (χ2v) is 8.25. The van der Waals surface area contributed by atoms with Crippen molar-refractivity contribution in [3.63, 3.8) is 0 Å². The summed E-state index contributed by atoms with van der Waals surface area (Å²) in [5.41, 5.74) is 0.312. The SMILES string of the molecule is C=C(C)C(=O)N(N)CC(CN(N)C(=O)C(=C)C)C(C)(C)S(=O)(=O)O. The maximum absolute atomic E-state index is 11.8. The molecule has 0 aromatic carbocycles. The van der Waals surface area contributed by atoms with E-state index in [1.54, 1.807) is 0 Å². The average molecular weight is 362 g/mol. The summed E-state index contributed by atoms with van der Waals surface area (Å²) in [7, 11) is -4.52. The number of carbonyl (C=O) groups excluding carboxylic acids is 2. The highest BCUT2D eigenvalue weighted by Gasteiger charge is 2.43. The van der Waals surface area contributed by atoms with Gasteiger partial charge in [-0.15, -0.1) is 0 Å². The number of nitrogens with two attached hydrogens (primary N) is 2. The van der Waals surface area contributed by atoms with Crippen molar-refractivity contribution in [2.24, 2.45) is 17.6 Å². The number of hydrogen-bond donors (Lipinski definition) is 3. The fourth-order valence-corrected chi connectivity index (χ4v) is 2.41. The molecule has 0 fully saturated rings. The minimum absolute atomic E-state index is 0.156. The lowest BCUT2D eigenvalue weighted by molar-refractivity contribution is -0.129. The van der Waals surface area contributed by atoms with E-state index in [0.717, 1.165) is 10.0 Å². The van der Waals surface area contributed by atoms with Crippen LogP contribution in [0.2, 0.25) is 0 Å². The second kappa shape index (κ2) is 7.88. The van der Waals surface area contributed by atoms with Crippen molar-refractivity contribution >= 4 is 21.9 Å². The van der Waals surface area contributed by atoms with E-state index in [2.05, 4.69) is 13.2 Å². The van der Waals surface area contributed by atoms with Gasteiger partial charge in [0.05, 0.1) is 4.75 Å². The molecule has 2 amide bonds. The lowest BCUT2D eigenvalue weighted by Gasteiger charge is -2.36. The number of hydrogen-bond acceptors (Lipinski definition) is 6. The molecule has 138 valence electrons. The molecule has 0 saturated carbocycles. The van der Waals surface area contributed by atoms with Gasteiger partial charge in [-0.25, -0.2) is 11.7 Å². The lowest BCUT2D eigenvalue weighted by atomic mass is 9.93. The van der Waals surface area contributed by atoms with Crippen LogP contribution < -0.4 is 11.7 Å². The third kappa shape index (κ3) is 5.41. The normalized spacial score (nSPS) is 12.0. The monoisotopic (exact) mass is 362 g/mol. The van der Waals surface area contributed by atoms with E-state index < -0.39 is 32.6 Å². The van der Waals surface area contributed by atoms with Crippen molar-refractivity contribution in [2.75, 3.05) is 13.1 Å². The summed E-state index contributed by atoms with van der Waals surface area (Å²) in [4.78, 5) is 23.7. The third-order valence-electron chi connectivity index (χ3n) is 3.73. The topological polar surface area (TPSA) is 147 Å². The molecule has 0 radical (unpaired) electrons. The van der Waals surface area contributed by atoms with Gasteiger partial charge >= 0.3 is 0 Å². The molecule has 0 aliphatic rings. The zero-order chi connectivity index (χ0) is 19.5. The van der Waals surface area contributed by atoms with E-state index in [9.17, 15) is 22.6 Å². The smallest absolute Gasteiger partial charge is 0.270 e. The van der Waals surface area contributed by atoms with E-state index in [1.807, 2.05) is 0 Å². The highest BCUT2D eigenvalue weighted by atomic mass is 32.2. The molecule has 0 bridgehead atoms. The molecule has 0 aliphatic carbocycles. The Morgan fingerprint density at radius 1 is 1.04 bits per heavy atom. The quantitative estimate of drug-likeness (QED) is 0.178. The Morgan fingerprint density at radius 3 is 1.54 bits per heavy atom. The maximum atomic E-state index is 11.8. The van der Waals surface area contributed by atoms with Crippen LogP contribution in [0.15, 0.2) is 24.3 Å². The van der Waals surface area contributed by atoms with Crippen molar-refractivity contribution in [3.8, 4) is 0 Å². The zero-order valence-electron chi connectivity index (χ0n) is 14.4. The van der Waals surface area contributed by atoms with Gasteiger partial charge in [-0.05, 0) is 27.7 Å². The van der Waals surface area contributed by atoms with Gasteiger partial charge in [0.1, 0.15) is 0 Å². The highest BCUT2D eigenvalue weighted by Crippen LogP contribution is 2.27. The fourth-order valence-electron chi connectivity index (χ4n) is 1.84. The van der Waals surface area contributed by atoms with E-state index in [1.165, 1.54) is 27.7 Å². The Balaban J connectivity index is 5.62. The summed E-state index contributed by atoms with van der Waals surface area (Å²) in [6.45, 7) is 11.8. The first-order valence-corrected chi connectivity index (χ1v) is 8.48. The van der Waals surface area contributed by atoms with Gasteiger partial charge in [-0.1, -0.05) is 13.2 Å². The van der Waals surface area contributed by atoms with Crippen LogP contribution >= 0.6 is 0 Å². The van der Waals surface area contributed by atoms with Gasteiger partial charge < -0.3 is 0 Å². The van der Waals surface area contributed by atoms with Crippen LogP contribution in [0.25, 0.3) is 0 Å². The fraction of sp³-hybridized carbons (Fsp3) is 0.571. The van der Waals surface area contributed by atoms with Crippen molar-refractivity contribution in [2.45, 2.75) is 32.4 Å². The first-order valence-electron chi connectivity index (χ1n) is 7.04. The zero-order valence-corrected chi connectivity index (χ0v) is 15.3. The molecule has 0 heterocycles. The van der Waals surface area contributed by atoms with Gasteiger partial charge in [0, 0.05) is 30.2 Å². The van der Waals surface area contributed by atoms with Crippen LogP contribution in [-0.2, 0) is 19.7 Å². The number of carbonyl (C=O) groups is 2. The standard InChI is InChI=1S/C14H26N4O5S/c1-9(2)12(19)17(15)7-11(14(5,6)24(21,22)23)8-18(16)13(20)10(3)4/h11H,1,3,7-8,15-16H2,2,4-6H3,(H,21,22,23). The third-order valence-corrected chi connectivity index (χ3v) is 5.40. The van der Waals surface area contributed by atoms with Crippen molar-refractivity contribution in [1.82, 2.24) is 10.0 Å². The Kier molecular flexibility index (Phi) is 7.31. The van der Waals surface area contributed by atoms with E-state index in [4.69, 9.17) is 11.7 Å². The molecular formula is C14H26N4O5S. The molecular weight excluding hydrogens is 336 g/mol. The predicted molar refractivity (Wildman–Crippen MR) is 90.5 cm³/mol. The van der Waals surface area contributed by atoms with Crippen molar-refractivity contribution in [3.05, 3.63) is 24.3 Å². The molecule has 24 heavy (non-hydrogen) atoms. The lowest BCUT2D eigenvalue weighted by Crippen LogP contribution is -2.55. The molecule has 9 nitrogen and oxygen atoms in total. The molecule has 0 atom stereocenters. The number of hydrazine groups is 2. The summed E-state index contributed by atoms with van der Waals surface area (Å²) >= 11 is 0. The summed E-state index contributed by atoms with van der Waals surface area (Å²) in [5, 5.41) is 1.55. The molecule has 0 saturated heterocycles. The summed E-state index contributed by atoms with van der Waals surface area (Å²) in [5.74, 6) is 9.15. The minimum Gasteiger partial charge on any atom is -0.285 e. The molecule has 0 unspecified atom stereocenters. The van der Waals surface area contributed by atoms with E-state index >= 15 is 0 Å². The molecule has 0 aliphatic heterocycles. The summed E-state index contributed by atoms with van der Waals surface area (Å²) in [6, 6.07) is 0. The van der Waals surface area contributed by atoms with Crippen LogP contribution in [0.4, 0.5) is 0 Å². The number of nitrogens with zero attached hydrogens (tertiary/aromatic N) is 2. The molecule has 0 rings (SSSR count). The number of amides is 2. The van der Waals surface area contributed by atoms with Gasteiger partial charge in [-0.2, -0.15) is 8.42 Å². The summed E-state index contributed by atoms with van der Waals surface area (Å²) < 4.78 is 31.2. The van der Waals surface area contributed by atoms with Crippen LogP contribution in [-0.4, -0.2) is 52.6 Å². The Hall–Kier alpha value is -1.75. The van der Waals surface area contributed by atoms with Crippen molar-refractivity contribution < 1.29 is 22.6 Å². The summed E-state index contributed by atoms with van der Waals surface area (Å²) in [6.07, 6.45) is 0. The van der Waals surface area contributed by atoms with Gasteiger partial charge in [0.2, 0.25) is 0 Å². The average Bonchev–Trinajstić information content (AvgIpc) is 2.42. The molecule has 0 aromatic heterocycles. The highest BCUT2D eigenvalue weighted by molar-refractivity contribution is 7.87. The van der Waals surface area contributed by atoms with Crippen LogP contribution in [0.1, 0.15) is 27.7 Å². The van der Waals surface area contributed by atoms with Gasteiger partial charge in [0.15, 0.2) is 0 Å². The van der Waals surface area contributed by atoms with Crippen LogP contribution in [0, 0.1) is 5.92 Å². The van der Waals surface area contributed by atoms with Crippen LogP contribution in [0.3, 0.4) is 0 Å². The van der Waals surface area contributed by atoms with E-state index in [0.29, 0.717) is 0 Å². The van der Waals surface area contributed by atoms with Gasteiger partial charge in [0.25, 0.3) is 21.9 Å². The largest absolute Gasteiger partial charge is 0.285 e. The molecule has 0 aromatic rings. The van der Waals surface area contributed by atoms with Gasteiger partial charge in [-0.3, -0.25) is 24.2 Å².